The van der Waals surface area contributed by atoms with Crippen LogP contribution in [0.1, 0.15) is 342 Å². The van der Waals surface area contributed by atoms with Gasteiger partial charge in [0.05, 0.1) is 33.8 Å². The van der Waals surface area contributed by atoms with E-state index in [1.165, 1.54) is 238 Å². The molecule has 1 N–H and O–H groups in total. The van der Waals surface area contributed by atoms with Crippen molar-refractivity contribution in [2.24, 2.45) is 0 Å². The van der Waals surface area contributed by atoms with Crippen LogP contribution >= 0.6 is 7.82 Å². The monoisotopic (exact) mass is 1190 g/mol. The van der Waals surface area contributed by atoms with Crippen molar-refractivity contribution in [2.45, 2.75) is 354 Å². The molecule has 3 unspecified atom stereocenters. The Balaban J connectivity index is 5.00. The molecule has 9 nitrogen and oxygen atoms in total. The molecule has 0 aromatic rings. The third-order valence-electron chi connectivity index (χ3n) is 15.9. The summed E-state index contributed by atoms with van der Waals surface area (Å²) in [7, 11) is 1.19. The number of likely N-dealkylation sites (N-methyl/N-ethyl adjacent to an activating group) is 1. The highest BCUT2D eigenvalue weighted by Crippen LogP contribution is 2.38. The summed E-state index contributed by atoms with van der Waals surface area (Å²) in [6, 6.07) is -0.889. The molecular formula is C73H137N2O7P. The maximum Gasteiger partial charge on any atom is 0.306 e. The molecular weight excluding hydrogens is 1050 g/mol. The first-order valence-corrected chi connectivity index (χ1v) is 37.1. The molecule has 0 heterocycles. The summed E-state index contributed by atoms with van der Waals surface area (Å²) in [5.74, 6) is -0.531. The van der Waals surface area contributed by atoms with Gasteiger partial charge in [-0.1, -0.05) is 294 Å². The number of nitrogens with zero attached hydrogens (tertiary/aromatic N) is 1. The van der Waals surface area contributed by atoms with E-state index in [4.69, 9.17) is 13.8 Å². The van der Waals surface area contributed by atoms with E-state index < -0.39 is 20.0 Å². The number of hydrogen-bond donors (Lipinski definition) is 1. The molecule has 0 aliphatic rings. The van der Waals surface area contributed by atoms with Crippen LogP contribution in [0.4, 0.5) is 0 Å². The number of rotatable bonds is 65. The maximum atomic E-state index is 13.6. The van der Waals surface area contributed by atoms with Gasteiger partial charge in [0, 0.05) is 12.8 Å². The fraction of sp³-hybridized carbons (Fsp3) is 0.836. The van der Waals surface area contributed by atoms with E-state index in [1.54, 1.807) is 0 Å². The van der Waals surface area contributed by atoms with Gasteiger partial charge in [-0.25, -0.2) is 0 Å². The van der Waals surface area contributed by atoms with Crippen LogP contribution in [-0.2, 0) is 27.9 Å². The Labute approximate surface area is 515 Å². The van der Waals surface area contributed by atoms with Gasteiger partial charge in [-0.3, -0.25) is 14.2 Å². The number of nitrogens with one attached hydrogen (secondary N) is 1. The largest absolute Gasteiger partial charge is 0.756 e. The van der Waals surface area contributed by atoms with E-state index in [0.29, 0.717) is 17.4 Å². The van der Waals surface area contributed by atoms with Crippen molar-refractivity contribution in [1.82, 2.24) is 5.32 Å². The van der Waals surface area contributed by atoms with Crippen LogP contribution in [0.5, 0.6) is 0 Å². The third-order valence-corrected chi connectivity index (χ3v) is 16.9. The molecule has 1 amide bonds. The summed E-state index contributed by atoms with van der Waals surface area (Å²) in [5.41, 5.74) is 0. The number of ether oxygens (including phenoxy) is 1. The highest BCUT2D eigenvalue weighted by atomic mass is 31.2. The van der Waals surface area contributed by atoms with Gasteiger partial charge in [-0.15, -0.1) is 0 Å². The molecule has 3 atom stereocenters. The van der Waals surface area contributed by atoms with Gasteiger partial charge in [-0.05, 0) is 96.0 Å². The second-order valence-electron chi connectivity index (χ2n) is 25.4. The molecule has 0 aromatic heterocycles. The first kappa shape index (κ1) is 80.7. The molecule has 0 rings (SSSR count). The van der Waals surface area contributed by atoms with Gasteiger partial charge in [0.2, 0.25) is 5.91 Å². The Bertz CT molecular complexity index is 1600. The van der Waals surface area contributed by atoms with E-state index in [1.807, 2.05) is 33.3 Å². The molecule has 0 fully saturated rings. The zero-order valence-corrected chi connectivity index (χ0v) is 56.6. The molecule has 0 aliphatic heterocycles. The number of allylic oxidation sites excluding steroid dienone is 9. The number of amides is 1. The van der Waals surface area contributed by atoms with Crippen molar-refractivity contribution in [2.75, 3.05) is 40.9 Å². The molecule has 0 radical (unpaired) electrons. The van der Waals surface area contributed by atoms with Gasteiger partial charge in [0.25, 0.3) is 7.82 Å². The summed E-state index contributed by atoms with van der Waals surface area (Å²) < 4.78 is 30.4. The van der Waals surface area contributed by atoms with Crippen LogP contribution in [0.3, 0.4) is 0 Å². The summed E-state index contributed by atoms with van der Waals surface area (Å²) >= 11 is 0. The van der Waals surface area contributed by atoms with Crippen molar-refractivity contribution in [3.63, 3.8) is 0 Å². The van der Waals surface area contributed by atoms with Crippen molar-refractivity contribution < 1.29 is 37.3 Å². The lowest BCUT2D eigenvalue weighted by Crippen LogP contribution is -2.47. The van der Waals surface area contributed by atoms with Crippen LogP contribution in [0, 0.1) is 0 Å². The quantitative estimate of drug-likeness (QED) is 0.0212. The Morgan fingerprint density at radius 2 is 0.735 bits per heavy atom. The lowest BCUT2D eigenvalue weighted by Gasteiger charge is -2.30. The number of hydrogen-bond acceptors (Lipinski definition) is 7. The average Bonchev–Trinajstić information content (AvgIpc) is 3.51. The molecule has 10 heteroatoms. The van der Waals surface area contributed by atoms with E-state index in [9.17, 15) is 19.0 Å². The summed E-state index contributed by atoms with van der Waals surface area (Å²) in [4.78, 5) is 40.2. The summed E-state index contributed by atoms with van der Waals surface area (Å²) in [5, 5.41) is 3.04. The molecule has 0 bridgehead atoms. The fourth-order valence-electron chi connectivity index (χ4n) is 10.4. The number of unbranched alkanes of at least 4 members (excludes halogenated alkanes) is 41. The Morgan fingerprint density at radius 3 is 1.11 bits per heavy atom. The minimum absolute atomic E-state index is 0.0222. The fourth-order valence-corrected chi connectivity index (χ4v) is 11.1. The molecule has 0 saturated heterocycles. The van der Waals surface area contributed by atoms with Crippen LogP contribution in [0.2, 0.25) is 0 Å². The van der Waals surface area contributed by atoms with Gasteiger partial charge in [0.15, 0.2) is 0 Å². The highest BCUT2D eigenvalue weighted by Gasteiger charge is 2.27. The van der Waals surface area contributed by atoms with E-state index >= 15 is 0 Å². The maximum absolute atomic E-state index is 13.6. The first-order chi connectivity index (χ1) is 40.4. The average molecular weight is 1190 g/mol. The number of quaternary nitrogens is 1. The van der Waals surface area contributed by atoms with Crippen molar-refractivity contribution in [3.8, 4) is 0 Å². The number of phosphoric acid groups is 1. The SMILES string of the molecule is CCCCC/C=C\C/C=C\CCCCCCCCCCCCCCCCCC(=O)NC(COP(=O)([O-])OCC[N+](C)(C)C)C(/C=C\CCCCCCCCCCC)OC(=O)CCCCCCCCCCCCC/C=C\C/C=C\CCCCC. The van der Waals surface area contributed by atoms with Crippen LogP contribution in [0.25, 0.3) is 0 Å². The van der Waals surface area contributed by atoms with Gasteiger partial charge in [-0.2, -0.15) is 0 Å². The normalized spacial score (nSPS) is 13.9. The van der Waals surface area contributed by atoms with E-state index in [2.05, 4.69) is 74.7 Å². The molecule has 0 saturated carbocycles. The smallest absolute Gasteiger partial charge is 0.306 e. The molecule has 0 aliphatic carbocycles. The van der Waals surface area contributed by atoms with Gasteiger partial charge in [0.1, 0.15) is 19.3 Å². The predicted molar refractivity (Wildman–Crippen MR) is 358 cm³/mol. The highest BCUT2D eigenvalue weighted by molar-refractivity contribution is 7.45. The third kappa shape index (κ3) is 64.0. The van der Waals surface area contributed by atoms with Crippen LogP contribution in [-0.4, -0.2) is 69.4 Å². The van der Waals surface area contributed by atoms with Gasteiger partial charge < -0.3 is 28.5 Å². The van der Waals surface area contributed by atoms with E-state index in [-0.39, 0.29) is 31.5 Å². The lowest BCUT2D eigenvalue weighted by atomic mass is 10.0. The van der Waals surface area contributed by atoms with Crippen LogP contribution < -0.4 is 10.2 Å². The summed E-state index contributed by atoms with van der Waals surface area (Å²) in [6.07, 6.45) is 80.6. The Morgan fingerprint density at radius 1 is 0.422 bits per heavy atom. The van der Waals surface area contributed by atoms with Gasteiger partial charge >= 0.3 is 5.97 Å². The standard InChI is InChI=1S/C73H137N2O7P/c1-7-10-13-16-19-22-25-27-29-31-33-35-36-37-38-40-41-43-45-47-50-53-56-59-62-65-72(76)74-70(69-81-83(78,79)80-68-67-75(4,5)6)71(64-61-58-55-52-49-24-21-18-15-12-9-3)82-73(77)66-63-60-57-54-51-48-46-44-42-39-34-32-30-28-26-23-20-17-14-11-8-2/h19-20,22-23,27-30,61,64,70-71H,7-18,21,24-26,31-60,62-63,65-69H2,1-6H3,(H-,74,76,78,79)/b22-19-,23-20-,29-27-,30-28-,64-61-. The zero-order chi connectivity index (χ0) is 60.7. The van der Waals surface area contributed by atoms with Crippen LogP contribution in [0.15, 0.2) is 60.8 Å². The molecule has 0 spiro atoms. The van der Waals surface area contributed by atoms with Crippen molar-refractivity contribution in [1.29, 1.82) is 0 Å². The predicted octanol–water partition coefficient (Wildman–Crippen LogP) is 21.9. The number of esters is 1. The first-order valence-electron chi connectivity index (χ1n) is 35.6. The van der Waals surface area contributed by atoms with Crippen molar-refractivity contribution >= 4 is 19.7 Å². The lowest BCUT2D eigenvalue weighted by molar-refractivity contribution is -0.870. The van der Waals surface area contributed by atoms with E-state index in [0.717, 1.165) is 70.6 Å². The van der Waals surface area contributed by atoms with Crippen molar-refractivity contribution in [3.05, 3.63) is 60.8 Å². The Hall–Kier alpha value is -2.29. The molecule has 0 aromatic carbocycles. The second kappa shape index (κ2) is 62.8. The Kier molecular flexibility index (Phi) is 61.0. The minimum atomic E-state index is -4.70. The number of carbonyl (C=O) groups excluding carboxylic acids is 2. The topological polar surface area (TPSA) is 114 Å². The molecule has 83 heavy (non-hydrogen) atoms. The zero-order valence-electron chi connectivity index (χ0n) is 55.7. The minimum Gasteiger partial charge on any atom is -0.756 e. The number of phosphoric ester groups is 1. The second-order valence-corrected chi connectivity index (χ2v) is 26.8. The number of carbonyl (C=O) groups is 2. The summed E-state index contributed by atoms with van der Waals surface area (Å²) in [6.45, 7) is 6.83. The molecule has 486 valence electrons.